The molecule has 1 fully saturated rings. The summed E-state index contributed by atoms with van der Waals surface area (Å²) in [5, 5.41) is 9.38. The summed E-state index contributed by atoms with van der Waals surface area (Å²) in [7, 11) is 0. The van der Waals surface area contributed by atoms with Gasteiger partial charge in [-0.3, -0.25) is 4.79 Å². The van der Waals surface area contributed by atoms with Gasteiger partial charge in [0.05, 0.1) is 4.88 Å². The third-order valence-electron chi connectivity index (χ3n) is 5.34. The van der Waals surface area contributed by atoms with Crippen molar-refractivity contribution in [3.63, 3.8) is 0 Å². The van der Waals surface area contributed by atoms with Crippen LogP contribution in [0, 0.1) is 23.7 Å². The molecule has 1 amide bonds. The average molecular weight is 426 g/mol. The molecule has 1 N–H and O–H groups in total. The lowest BCUT2D eigenvalue weighted by atomic mass is 9.82. The second-order valence-corrected chi connectivity index (χ2v) is 9.04. The van der Waals surface area contributed by atoms with Crippen molar-refractivity contribution in [2.75, 3.05) is 4.90 Å². The van der Waals surface area contributed by atoms with Crippen LogP contribution >= 0.6 is 11.3 Å². The Morgan fingerprint density at radius 2 is 1.80 bits per heavy atom. The maximum absolute atomic E-state index is 13.4. The molecule has 0 aliphatic heterocycles. The molecule has 1 heterocycles. The number of rotatable bonds is 4. The number of ether oxygens (including phenoxy) is 1. The minimum absolute atomic E-state index is 0.0347. The Labute approximate surface area is 181 Å². The summed E-state index contributed by atoms with van der Waals surface area (Å²) in [4.78, 5) is 27.0. The summed E-state index contributed by atoms with van der Waals surface area (Å²) in [5.74, 6) is 6.78. The minimum Gasteiger partial charge on any atom is -0.449 e. The van der Waals surface area contributed by atoms with Gasteiger partial charge in [-0.2, -0.15) is 0 Å². The number of nitrogens with zero attached hydrogens (tertiary/aromatic N) is 1. The van der Waals surface area contributed by atoms with Gasteiger partial charge in [-0.25, -0.2) is 4.79 Å². The molecule has 1 saturated carbocycles. The lowest BCUT2D eigenvalue weighted by Gasteiger charge is -2.33. The molecule has 1 aliphatic carbocycles. The molecule has 0 saturated heterocycles. The van der Waals surface area contributed by atoms with Crippen molar-refractivity contribution in [3.05, 3.63) is 46.8 Å². The van der Waals surface area contributed by atoms with Crippen molar-refractivity contribution in [1.82, 2.24) is 0 Å². The van der Waals surface area contributed by atoms with Crippen molar-refractivity contribution in [2.24, 2.45) is 11.8 Å². The van der Waals surface area contributed by atoms with E-state index in [0.29, 0.717) is 16.5 Å². The topological polar surface area (TPSA) is 66.8 Å². The van der Waals surface area contributed by atoms with E-state index in [0.717, 1.165) is 42.6 Å². The molecule has 30 heavy (non-hydrogen) atoms. The van der Waals surface area contributed by atoms with Crippen LogP contribution in [0.25, 0.3) is 0 Å². The number of anilines is 1. The van der Waals surface area contributed by atoms with Gasteiger partial charge in [0.2, 0.25) is 11.0 Å². The highest BCUT2D eigenvalue weighted by Crippen LogP contribution is 2.41. The normalized spacial score (nSPS) is 18.4. The maximum Gasteiger partial charge on any atom is 0.512 e. The van der Waals surface area contributed by atoms with Crippen molar-refractivity contribution < 1.29 is 19.4 Å². The van der Waals surface area contributed by atoms with Crippen LogP contribution in [0.15, 0.2) is 36.4 Å². The van der Waals surface area contributed by atoms with Gasteiger partial charge in [0.1, 0.15) is 5.69 Å². The number of hydrogen-bond acceptors (Lipinski definition) is 4. The molecule has 0 radical (unpaired) electrons. The van der Waals surface area contributed by atoms with Gasteiger partial charge < -0.3 is 14.7 Å². The summed E-state index contributed by atoms with van der Waals surface area (Å²) in [6, 6.07) is 11.2. The van der Waals surface area contributed by atoms with Gasteiger partial charge >= 0.3 is 6.16 Å². The minimum atomic E-state index is -1.40. The smallest absolute Gasteiger partial charge is 0.449 e. The quantitative estimate of drug-likeness (QED) is 0.499. The zero-order valence-corrected chi connectivity index (χ0v) is 18.4. The van der Waals surface area contributed by atoms with E-state index in [9.17, 15) is 14.7 Å². The first-order valence-corrected chi connectivity index (χ1v) is 11.1. The highest BCUT2D eigenvalue weighted by atomic mass is 32.1. The van der Waals surface area contributed by atoms with Crippen molar-refractivity contribution in [2.45, 2.75) is 52.5 Å². The Kier molecular flexibility index (Phi) is 7.17. The first-order chi connectivity index (χ1) is 14.3. The molecular weight excluding hydrogens is 398 g/mol. The van der Waals surface area contributed by atoms with Crippen LogP contribution in [-0.2, 0) is 4.79 Å². The van der Waals surface area contributed by atoms with Gasteiger partial charge in [-0.05, 0) is 63.6 Å². The monoisotopic (exact) mass is 425 g/mol. The van der Waals surface area contributed by atoms with Crippen LogP contribution in [0.2, 0.25) is 0 Å². The van der Waals surface area contributed by atoms with E-state index in [1.807, 2.05) is 44.2 Å². The first kappa shape index (κ1) is 21.9. The van der Waals surface area contributed by atoms with Gasteiger partial charge in [-0.15, -0.1) is 0 Å². The first-order valence-electron chi connectivity index (χ1n) is 10.3. The Bertz CT molecular complexity index is 947. The standard InChI is InChI=1S/C24H27NO4S/c1-16(2)25(22(26)19-12-9-17(3)10-13-19)21-15-20(30-23(21)29-24(27)28)14-11-18-7-5-4-6-8-18/h4-8,15-17,19H,9-10,12-13H2,1-3H3,(H,27,28). The molecule has 6 heteroatoms. The molecular formula is C24H27NO4S. The fourth-order valence-electron chi connectivity index (χ4n) is 3.76. The van der Waals surface area contributed by atoms with E-state index >= 15 is 0 Å². The molecule has 1 aromatic carbocycles. The third kappa shape index (κ3) is 5.43. The SMILES string of the molecule is CC1CCC(C(=O)N(c2cc(C#Cc3ccccc3)sc2OC(=O)O)C(C)C)CC1. The van der Waals surface area contributed by atoms with E-state index < -0.39 is 6.16 Å². The molecule has 158 valence electrons. The lowest BCUT2D eigenvalue weighted by molar-refractivity contribution is -0.123. The molecule has 1 aliphatic rings. The van der Waals surface area contributed by atoms with E-state index in [4.69, 9.17) is 4.74 Å². The maximum atomic E-state index is 13.4. The zero-order chi connectivity index (χ0) is 21.7. The lowest BCUT2D eigenvalue weighted by Crippen LogP contribution is -2.42. The summed E-state index contributed by atoms with van der Waals surface area (Å²) in [6.45, 7) is 6.08. The van der Waals surface area contributed by atoms with Crippen LogP contribution in [0.3, 0.4) is 0 Å². The summed E-state index contributed by atoms with van der Waals surface area (Å²) >= 11 is 1.15. The zero-order valence-electron chi connectivity index (χ0n) is 17.6. The number of amides is 1. The van der Waals surface area contributed by atoms with Crippen molar-refractivity contribution in [1.29, 1.82) is 0 Å². The molecule has 5 nitrogen and oxygen atoms in total. The van der Waals surface area contributed by atoms with E-state index in [2.05, 4.69) is 18.8 Å². The fraction of sp³-hybridized carbons (Fsp3) is 0.417. The number of carbonyl (C=O) groups is 2. The Morgan fingerprint density at radius 1 is 1.13 bits per heavy atom. The summed E-state index contributed by atoms with van der Waals surface area (Å²) in [5.41, 5.74) is 1.35. The molecule has 3 rings (SSSR count). The average Bonchev–Trinajstić information content (AvgIpc) is 3.09. The number of carbonyl (C=O) groups excluding carboxylic acids is 1. The highest BCUT2D eigenvalue weighted by molar-refractivity contribution is 7.15. The van der Waals surface area contributed by atoms with Crippen LogP contribution < -0.4 is 9.64 Å². The van der Waals surface area contributed by atoms with Crippen LogP contribution in [0.5, 0.6) is 5.06 Å². The molecule has 0 spiro atoms. The van der Waals surface area contributed by atoms with Gasteiger partial charge in [0.15, 0.2) is 0 Å². The number of thiophene rings is 1. The largest absolute Gasteiger partial charge is 0.512 e. The Hall–Kier alpha value is -2.78. The van der Waals surface area contributed by atoms with E-state index in [1.54, 1.807) is 11.0 Å². The number of hydrogen-bond donors (Lipinski definition) is 1. The second-order valence-electron chi connectivity index (χ2n) is 8.03. The van der Waals surface area contributed by atoms with Gasteiger partial charge in [0.25, 0.3) is 0 Å². The van der Waals surface area contributed by atoms with Crippen molar-refractivity contribution >= 4 is 29.1 Å². The van der Waals surface area contributed by atoms with E-state index in [1.165, 1.54) is 0 Å². The van der Waals surface area contributed by atoms with Crippen molar-refractivity contribution in [3.8, 4) is 16.9 Å². The highest BCUT2D eigenvalue weighted by Gasteiger charge is 2.33. The molecule has 2 aromatic rings. The summed E-state index contributed by atoms with van der Waals surface area (Å²) < 4.78 is 5.04. The third-order valence-corrected chi connectivity index (χ3v) is 6.26. The predicted octanol–water partition coefficient (Wildman–Crippen LogP) is 5.77. The fourth-order valence-corrected chi connectivity index (χ4v) is 4.60. The molecule has 0 atom stereocenters. The van der Waals surface area contributed by atoms with Crippen LogP contribution in [0.1, 0.15) is 56.9 Å². The van der Waals surface area contributed by atoms with E-state index in [-0.39, 0.29) is 22.9 Å². The second kappa shape index (κ2) is 9.82. The predicted molar refractivity (Wildman–Crippen MR) is 119 cm³/mol. The molecule has 0 unspecified atom stereocenters. The summed E-state index contributed by atoms with van der Waals surface area (Å²) in [6.07, 6.45) is 2.41. The van der Waals surface area contributed by atoms with Gasteiger partial charge in [0, 0.05) is 17.5 Å². The number of benzene rings is 1. The molecule has 0 bridgehead atoms. The Morgan fingerprint density at radius 3 is 2.40 bits per heavy atom. The Balaban J connectivity index is 1.93. The van der Waals surface area contributed by atoms with Crippen LogP contribution in [0.4, 0.5) is 10.5 Å². The van der Waals surface area contributed by atoms with Crippen LogP contribution in [-0.4, -0.2) is 23.2 Å². The van der Waals surface area contributed by atoms with Gasteiger partial charge in [-0.1, -0.05) is 48.3 Å². The number of carboxylic acid groups (broad SMARTS) is 1. The molecule has 1 aromatic heterocycles.